The lowest BCUT2D eigenvalue weighted by Gasteiger charge is -2.07. The van der Waals surface area contributed by atoms with Crippen molar-refractivity contribution in [2.24, 2.45) is 5.73 Å². The van der Waals surface area contributed by atoms with Crippen molar-refractivity contribution in [3.05, 3.63) is 22.2 Å². The lowest BCUT2D eigenvalue weighted by atomic mass is 10.3. The molecule has 0 fully saturated rings. The van der Waals surface area contributed by atoms with Crippen LogP contribution in [0.3, 0.4) is 0 Å². The number of aromatic nitrogens is 1. The first-order valence-corrected chi connectivity index (χ1v) is 5.45. The van der Waals surface area contributed by atoms with Gasteiger partial charge in [0.25, 0.3) is 5.69 Å². The fourth-order valence-corrected chi connectivity index (χ4v) is 1.30. The lowest BCUT2D eigenvalue weighted by Crippen LogP contribution is -2.16. The number of hydrogen-bond acceptors (Lipinski definition) is 6. The Hall–Kier alpha value is -2.38. The fourth-order valence-electron chi connectivity index (χ4n) is 1.30. The first-order chi connectivity index (χ1) is 8.52. The number of nitrogens with one attached hydrogen (secondary N) is 2. The molecule has 98 valence electrons. The Balaban J connectivity index is 2.82. The molecular formula is C10H15N5O3. The van der Waals surface area contributed by atoms with Gasteiger partial charge in [0.05, 0.1) is 17.1 Å². The number of nitrogens with two attached hydrogens (primary N) is 1. The summed E-state index contributed by atoms with van der Waals surface area (Å²) >= 11 is 0. The molecule has 1 aromatic rings. The van der Waals surface area contributed by atoms with E-state index in [9.17, 15) is 14.9 Å². The third-order valence-corrected chi connectivity index (χ3v) is 2.06. The number of amides is 1. The second kappa shape index (κ2) is 6.38. The van der Waals surface area contributed by atoms with E-state index in [4.69, 9.17) is 5.73 Å². The molecule has 0 atom stereocenters. The third-order valence-electron chi connectivity index (χ3n) is 2.06. The van der Waals surface area contributed by atoms with Crippen LogP contribution in [0.25, 0.3) is 0 Å². The summed E-state index contributed by atoms with van der Waals surface area (Å²) in [7, 11) is 0. The molecule has 0 saturated heterocycles. The number of carbonyl (C=O) groups excluding carboxylic acids is 1. The van der Waals surface area contributed by atoms with Gasteiger partial charge in [-0.1, -0.05) is 0 Å². The van der Waals surface area contributed by atoms with Gasteiger partial charge in [-0.25, -0.2) is 4.98 Å². The van der Waals surface area contributed by atoms with E-state index >= 15 is 0 Å². The predicted octanol–water partition coefficient (Wildman–Crippen LogP) is 0.709. The fraction of sp³-hybridized carbons (Fsp3) is 0.400. The highest BCUT2D eigenvalue weighted by Crippen LogP contribution is 2.20. The quantitative estimate of drug-likeness (QED) is 0.485. The molecule has 1 heterocycles. The Morgan fingerprint density at radius 1 is 1.44 bits per heavy atom. The molecule has 8 heteroatoms. The number of nitrogens with zero attached hydrogens (tertiary/aromatic N) is 2. The molecule has 0 radical (unpaired) electrons. The molecule has 1 amide bonds. The van der Waals surface area contributed by atoms with Gasteiger partial charge in [0, 0.05) is 19.5 Å². The highest BCUT2D eigenvalue weighted by molar-refractivity contribution is 5.74. The standard InChI is InChI=1S/C10H15N5O3/c1-2-12-9-5-7(15(17)18)6-10(14-9)13-4-3-8(11)16/h5-6H,2-4H2,1H3,(H2,11,16)(H2,12,13,14). The van der Waals surface area contributed by atoms with Crippen molar-refractivity contribution in [1.82, 2.24) is 4.98 Å². The van der Waals surface area contributed by atoms with Crippen LogP contribution in [0.2, 0.25) is 0 Å². The number of hydrogen-bond donors (Lipinski definition) is 3. The van der Waals surface area contributed by atoms with E-state index in [0.29, 0.717) is 18.2 Å². The maximum absolute atomic E-state index is 10.7. The van der Waals surface area contributed by atoms with Gasteiger partial charge in [-0.2, -0.15) is 0 Å². The molecule has 0 bridgehead atoms. The summed E-state index contributed by atoms with van der Waals surface area (Å²) in [5.74, 6) is 0.300. The summed E-state index contributed by atoms with van der Waals surface area (Å²) in [4.78, 5) is 24.9. The van der Waals surface area contributed by atoms with Crippen LogP contribution in [0.1, 0.15) is 13.3 Å². The van der Waals surface area contributed by atoms with Crippen LogP contribution in [0.4, 0.5) is 17.3 Å². The minimum absolute atomic E-state index is 0.0671. The van der Waals surface area contributed by atoms with Crippen LogP contribution in [-0.4, -0.2) is 28.9 Å². The number of nitro groups is 1. The van der Waals surface area contributed by atoms with Crippen LogP contribution in [0, 0.1) is 10.1 Å². The van der Waals surface area contributed by atoms with Crippen molar-refractivity contribution in [2.45, 2.75) is 13.3 Å². The molecule has 0 aliphatic heterocycles. The smallest absolute Gasteiger partial charge is 0.276 e. The third kappa shape index (κ3) is 4.24. The highest BCUT2D eigenvalue weighted by Gasteiger charge is 2.10. The molecule has 0 unspecified atom stereocenters. The number of rotatable bonds is 7. The largest absolute Gasteiger partial charge is 0.370 e. The maximum Gasteiger partial charge on any atom is 0.276 e. The van der Waals surface area contributed by atoms with Gasteiger partial charge < -0.3 is 16.4 Å². The van der Waals surface area contributed by atoms with Gasteiger partial charge in [0.15, 0.2) is 0 Å². The molecule has 0 saturated carbocycles. The highest BCUT2D eigenvalue weighted by atomic mass is 16.6. The minimum Gasteiger partial charge on any atom is -0.370 e. The molecular weight excluding hydrogens is 238 g/mol. The van der Waals surface area contributed by atoms with Crippen LogP contribution >= 0.6 is 0 Å². The summed E-state index contributed by atoms with van der Waals surface area (Å²) < 4.78 is 0. The van der Waals surface area contributed by atoms with Gasteiger partial charge >= 0.3 is 0 Å². The zero-order valence-corrected chi connectivity index (χ0v) is 9.97. The van der Waals surface area contributed by atoms with Crippen LogP contribution < -0.4 is 16.4 Å². The number of anilines is 2. The Kier molecular flexibility index (Phi) is 4.85. The van der Waals surface area contributed by atoms with Gasteiger partial charge in [0.2, 0.25) is 5.91 Å². The van der Waals surface area contributed by atoms with E-state index in [1.807, 2.05) is 6.92 Å². The number of primary amides is 1. The summed E-state index contributed by atoms with van der Waals surface area (Å²) in [6, 6.07) is 2.66. The number of pyridine rings is 1. The second-order valence-electron chi connectivity index (χ2n) is 3.53. The van der Waals surface area contributed by atoms with Crippen LogP contribution in [0.5, 0.6) is 0 Å². The summed E-state index contributed by atoms with van der Waals surface area (Å²) in [6.07, 6.45) is 0.140. The van der Waals surface area contributed by atoms with E-state index in [0.717, 1.165) is 0 Å². The van der Waals surface area contributed by atoms with Crippen LogP contribution in [0.15, 0.2) is 12.1 Å². The average molecular weight is 253 g/mol. The molecule has 4 N–H and O–H groups in total. The Bertz CT molecular complexity index is 449. The van der Waals surface area contributed by atoms with Gasteiger partial charge in [-0.05, 0) is 6.92 Å². The van der Waals surface area contributed by atoms with E-state index in [1.54, 1.807) is 0 Å². The van der Waals surface area contributed by atoms with E-state index in [2.05, 4.69) is 15.6 Å². The van der Waals surface area contributed by atoms with Crippen molar-refractivity contribution in [1.29, 1.82) is 0 Å². The predicted molar refractivity (Wildman–Crippen MR) is 67.4 cm³/mol. The summed E-state index contributed by atoms with van der Waals surface area (Å²) in [6.45, 7) is 2.75. The van der Waals surface area contributed by atoms with Crippen LogP contribution in [-0.2, 0) is 4.79 Å². The van der Waals surface area contributed by atoms with Crippen molar-refractivity contribution in [3.8, 4) is 0 Å². The molecule has 8 nitrogen and oxygen atoms in total. The van der Waals surface area contributed by atoms with E-state index in [-0.39, 0.29) is 18.7 Å². The normalized spacial score (nSPS) is 9.83. The SMILES string of the molecule is CCNc1cc([N+](=O)[O-])cc(NCCC(N)=O)n1. The Labute approximate surface area is 104 Å². The van der Waals surface area contributed by atoms with Gasteiger partial charge in [-0.3, -0.25) is 14.9 Å². The zero-order valence-electron chi connectivity index (χ0n) is 9.97. The van der Waals surface area contributed by atoms with E-state index in [1.165, 1.54) is 12.1 Å². The summed E-state index contributed by atoms with van der Waals surface area (Å²) in [5, 5.41) is 16.4. The first-order valence-electron chi connectivity index (χ1n) is 5.45. The summed E-state index contributed by atoms with van der Waals surface area (Å²) in [5.41, 5.74) is 4.93. The van der Waals surface area contributed by atoms with Gasteiger partial charge in [-0.15, -0.1) is 0 Å². The molecule has 0 aromatic carbocycles. The molecule has 0 aliphatic carbocycles. The molecule has 18 heavy (non-hydrogen) atoms. The Morgan fingerprint density at radius 3 is 2.56 bits per heavy atom. The number of carbonyl (C=O) groups is 1. The molecule has 0 spiro atoms. The Morgan fingerprint density at radius 2 is 2.06 bits per heavy atom. The van der Waals surface area contributed by atoms with Crippen molar-refractivity contribution >= 4 is 23.2 Å². The monoisotopic (exact) mass is 253 g/mol. The molecule has 1 rings (SSSR count). The van der Waals surface area contributed by atoms with Crippen molar-refractivity contribution < 1.29 is 9.72 Å². The molecule has 1 aromatic heterocycles. The zero-order chi connectivity index (χ0) is 13.5. The average Bonchev–Trinajstić information content (AvgIpc) is 2.28. The topological polar surface area (TPSA) is 123 Å². The maximum atomic E-state index is 10.7. The minimum atomic E-state index is -0.498. The van der Waals surface area contributed by atoms with Gasteiger partial charge in [0.1, 0.15) is 11.6 Å². The van der Waals surface area contributed by atoms with Crippen molar-refractivity contribution in [2.75, 3.05) is 23.7 Å². The van der Waals surface area contributed by atoms with E-state index < -0.39 is 10.8 Å². The lowest BCUT2D eigenvalue weighted by molar-refractivity contribution is -0.384. The van der Waals surface area contributed by atoms with Crippen molar-refractivity contribution in [3.63, 3.8) is 0 Å². The second-order valence-corrected chi connectivity index (χ2v) is 3.53. The molecule has 0 aliphatic rings. The first kappa shape index (κ1) is 13.7.